The molecule has 3 heteroatoms. The number of nitrogens with one attached hydrogen (secondary N) is 1. The smallest absolute Gasteiger partial charge is 0.120 e. The van der Waals surface area contributed by atoms with E-state index in [1.807, 2.05) is 12.1 Å². The Hall–Kier alpha value is -1.06. The van der Waals surface area contributed by atoms with Crippen molar-refractivity contribution in [1.82, 2.24) is 10.2 Å². The number of hydrogen-bond donors (Lipinski definition) is 2. The van der Waals surface area contributed by atoms with E-state index in [1.165, 1.54) is 37.7 Å². The first-order valence-corrected chi connectivity index (χ1v) is 8.32. The van der Waals surface area contributed by atoms with Crippen LogP contribution in [0, 0.1) is 6.92 Å². The molecule has 116 valence electrons. The molecule has 0 aromatic heterocycles. The highest BCUT2D eigenvalue weighted by molar-refractivity contribution is 5.37. The fourth-order valence-electron chi connectivity index (χ4n) is 4.22. The summed E-state index contributed by atoms with van der Waals surface area (Å²) in [5.74, 6) is 0.411. The minimum atomic E-state index is 0.207. The molecule has 2 heterocycles. The molecule has 3 rings (SSSR count). The van der Waals surface area contributed by atoms with Crippen LogP contribution >= 0.6 is 0 Å². The van der Waals surface area contributed by atoms with Gasteiger partial charge in [0.25, 0.3) is 0 Å². The van der Waals surface area contributed by atoms with E-state index >= 15 is 0 Å². The predicted molar refractivity (Wildman–Crippen MR) is 86.6 cm³/mol. The Balaban J connectivity index is 1.68. The summed E-state index contributed by atoms with van der Waals surface area (Å²) in [5, 5.41) is 13.9. The number of phenols is 1. The maximum absolute atomic E-state index is 10.1. The minimum absolute atomic E-state index is 0.207. The van der Waals surface area contributed by atoms with Gasteiger partial charge in [0.05, 0.1) is 0 Å². The van der Waals surface area contributed by atoms with Gasteiger partial charge in [0, 0.05) is 29.7 Å². The molecule has 2 aliphatic heterocycles. The summed E-state index contributed by atoms with van der Waals surface area (Å²) in [6.07, 6.45) is 6.55. The van der Waals surface area contributed by atoms with Crippen molar-refractivity contribution in [3.05, 3.63) is 29.3 Å². The molecule has 0 radical (unpaired) electrons. The molecule has 0 spiro atoms. The zero-order valence-electron chi connectivity index (χ0n) is 13.5. The van der Waals surface area contributed by atoms with Crippen LogP contribution in [0.5, 0.6) is 5.75 Å². The fraction of sp³-hybridized carbons (Fsp3) is 0.667. The van der Waals surface area contributed by atoms with E-state index < -0.39 is 0 Å². The molecule has 2 aliphatic rings. The van der Waals surface area contributed by atoms with E-state index in [1.54, 1.807) is 0 Å². The summed E-state index contributed by atoms with van der Waals surface area (Å²) in [6.45, 7) is 4.25. The Labute approximate surface area is 128 Å². The van der Waals surface area contributed by atoms with Crippen molar-refractivity contribution in [1.29, 1.82) is 0 Å². The lowest BCUT2D eigenvalue weighted by Crippen LogP contribution is -2.54. The Morgan fingerprint density at radius 3 is 2.57 bits per heavy atom. The van der Waals surface area contributed by atoms with Gasteiger partial charge < -0.3 is 15.3 Å². The van der Waals surface area contributed by atoms with Crippen LogP contribution in [-0.2, 0) is 0 Å². The normalized spacial score (nSPS) is 31.1. The van der Waals surface area contributed by atoms with E-state index in [0.717, 1.165) is 17.6 Å². The number of rotatable bonds is 3. The van der Waals surface area contributed by atoms with E-state index in [2.05, 4.69) is 37.2 Å². The van der Waals surface area contributed by atoms with Gasteiger partial charge in [-0.15, -0.1) is 0 Å². The van der Waals surface area contributed by atoms with E-state index in [9.17, 15) is 5.11 Å². The highest BCUT2D eigenvalue weighted by atomic mass is 16.3. The summed E-state index contributed by atoms with van der Waals surface area (Å²) in [6, 6.07) is 8.15. The predicted octanol–water partition coefficient (Wildman–Crippen LogP) is 3.37. The Bertz CT molecular complexity index is 488. The van der Waals surface area contributed by atoms with Crippen molar-refractivity contribution < 1.29 is 5.11 Å². The molecule has 2 bridgehead atoms. The topological polar surface area (TPSA) is 35.5 Å². The van der Waals surface area contributed by atoms with Crippen LogP contribution < -0.4 is 5.32 Å². The Morgan fingerprint density at radius 2 is 1.90 bits per heavy atom. The number of benzene rings is 1. The molecule has 1 aromatic rings. The largest absolute Gasteiger partial charge is 0.508 e. The molecule has 3 atom stereocenters. The van der Waals surface area contributed by atoms with Gasteiger partial charge in [-0.1, -0.05) is 24.1 Å². The third-order valence-electron chi connectivity index (χ3n) is 5.48. The average Bonchev–Trinajstić information content (AvgIpc) is 2.42. The lowest BCUT2D eigenvalue weighted by molar-refractivity contribution is 0.0462. The molecule has 2 saturated heterocycles. The fourth-order valence-corrected chi connectivity index (χ4v) is 4.22. The standard InChI is InChI=1S/C18H28N2O/c1-12-7-8-18(21)17(9-12)13(2)19-14-10-15-5-4-6-16(11-14)20(15)3/h7-9,13-16,19,21H,4-6,10-11H2,1-3H3. The van der Waals surface area contributed by atoms with Gasteiger partial charge in [-0.05, 0) is 52.6 Å². The van der Waals surface area contributed by atoms with Gasteiger partial charge in [-0.2, -0.15) is 0 Å². The molecule has 3 nitrogen and oxygen atoms in total. The number of phenolic OH excluding ortho intramolecular Hbond substituents is 1. The molecular formula is C18H28N2O. The van der Waals surface area contributed by atoms with Crippen molar-refractivity contribution >= 4 is 0 Å². The van der Waals surface area contributed by atoms with Crippen LogP contribution in [0.2, 0.25) is 0 Å². The van der Waals surface area contributed by atoms with Crippen LogP contribution in [-0.4, -0.2) is 35.2 Å². The molecule has 2 fully saturated rings. The third kappa shape index (κ3) is 3.09. The second kappa shape index (κ2) is 5.98. The molecule has 2 N–H and O–H groups in total. The first kappa shape index (κ1) is 14.9. The SMILES string of the molecule is Cc1ccc(O)c(C(C)NC2CC3CCCC(C2)N3C)c1. The van der Waals surface area contributed by atoms with Gasteiger partial charge in [0.15, 0.2) is 0 Å². The monoisotopic (exact) mass is 288 g/mol. The summed E-state index contributed by atoms with van der Waals surface area (Å²) >= 11 is 0. The van der Waals surface area contributed by atoms with E-state index in [-0.39, 0.29) is 6.04 Å². The zero-order chi connectivity index (χ0) is 15.0. The minimum Gasteiger partial charge on any atom is -0.508 e. The number of hydrogen-bond acceptors (Lipinski definition) is 3. The van der Waals surface area contributed by atoms with Crippen molar-refractivity contribution in [2.75, 3.05) is 7.05 Å². The maximum Gasteiger partial charge on any atom is 0.120 e. The highest BCUT2D eigenvalue weighted by Gasteiger charge is 2.36. The molecule has 1 aromatic carbocycles. The molecule has 3 unspecified atom stereocenters. The summed E-state index contributed by atoms with van der Waals surface area (Å²) in [7, 11) is 2.29. The Kier molecular flexibility index (Phi) is 4.23. The number of aryl methyl sites for hydroxylation is 1. The van der Waals surface area contributed by atoms with Crippen LogP contribution in [0.4, 0.5) is 0 Å². The van der Waals surface area contributed by atoms with Gasteiger partial charge in [-0.25, -0.2) is 0 Å². The molecular weight excluding hydrogens is 260 g/mol. The van der Waals surface area contributed by atoms with E-state index in [0.29, 0.717) is 11.8 Å². The molecule has 0 aliphatic carbocycles. The van der Waals surface area contributed by atoms with Gasteiger partial charge in [0.2, 0.25) is 0 Å². The van der Waals surface area contributed by atoms with Crippen LogP contribution in [0.3, 0.4) is 0 Å². The summed E-state index contributed by atoms with van der Waals surface area (Å²) in [5.41, 5.74) is 2.23. The molecule has 0 amide bonds. The number of nitrogens with zero attached hydrogens (tertiary/aromatic N) is 1. The van der Waals surface area contributed by atoms with Crippen LogP contribution in [0.25, 0.3) is 0 Å². The van der Waals surface area contributed by atoms with Crippen molar-refractivity contribution in [2.24, 2.45) is 0 Å². The highest BCUT2D eigenvalue weighted by Crippen LogP contribution is 2.34. The zero-order valence-corrected chi connectivity index (χ0v) is 13.5. The van der Waals surface area contributed by atoms with Crippen LogP contribution in [0.1, 0.15) is 56.2 Å². The quantitative estimate of drug-likeness (QED) is 0.895. The Morgan fingerprint density at radius 1 is 1.24 bits per heavy atom. The van der Waals surface area contributed by atoms with Crippen LogP contribution in [0.15, 0.2) is 18.2 Å². The first-order chi connectivity index (χ1) is 10.0. The number of fused-ring (bicyclic) bond motifs is 2. The summed E-state index contributed by atoms with van der Waals surface area (Å²) < 4.78 is 0. The molecule has 21 heavy (non-hydrogen) atoms. The number of aromatic hydroxyl groups is 1. The third-order valence-corrected chi connectivity index (χ3v) is 5.48. The van der Waals surface area contributed by atoms with Crippen molar-refractivity contribution in [2.45, 2.75) is 70.1 Å². The number of piperidine rings is 2. The average molecular weight is 288 g/mol. The first-order valence-electron chi connectivity index (χ1n) is 8.32. The second-order valence-corrected chi connectivity index (χ2v) is 7.02. The van der Waals surface area contributed by atoms with Gasteiger partial charge in [-0.3, -0.25) is 0 Å². The molecule has 0 saturated carbocycles. The van der Waals surface area contributed by atoms with Gasteiger partial charge in [0.1, 0.15) is 5.75 Å². The second-order valence-electron chi connectivity index (χ2n) is 7.02. The van der Waals surface area contributed by atoms with Crippen molar-refractivity contribution in [3.63, 3.8) is 0 Å². The van der Waals surface area contributed by atoms with Gasteiger partial charge >= 0.3 is 0 Å². The van der Waals surface area contributed by atoms with Crippen molar-refractivity contribution in [3.8, 4) is 5.75 Å². The van der Waals surface area contributed by atoms with E-state index in [4.69, 9.17) is 0 Å². The summed E-state index contributed by atoms with van der Waals surface area (Å²) in [4.78, 5) is 2.59. The lowest BCUT2D eigenvalue weighted by Gasteiger charge is -2.47. The maximum atomic E-state index is 10.1. The lowest BCUT2D eigenvalue weighted by atomic mass is 9.82.